The maximum Gasteiger partial charge on any atom is 0.220 e. The molecule has 2 N–H and O–H groups in total. The molecule has 3 nitrogen and oxygen atoms in total. The zero-order chi connectivity index (χ0) is 15.9. The van der Waals surface area contributed by atoms with E-state index in [9.17, 15) is 14.3 Å². The van der Waals surface area contributed by atoms with Crippen LogP contribution in [-0.4, -0.2) is 17.6 Å². The lowest BCUT2D eigenvalue weighted by molar-refractivity contribution is -0.121. The Morgan fingerprint density at radius 2 is 2.00 bits per heavy atom. The molecule has 0 aliphatic carbocycles. The van der Waals surface area contributed by atoms with E-state index in [1.165, 1.54) is 12.1 Å². The van der Waals surface area contributed by atoms with Gasteiger partial charge < -0.3 is 10.4 Å². The quantitative estimate of drug-likeness (QED) is 0.862. The highest BCUT2D eigenvalue weighted by Crippen LogP contribution is 2.15. The molecule has 116 valence electrons. The highest BCUT2D eigenvalue weighted by atomic mass is 19.1. The van der Waals surface area contributed by atoms with E-state index in [1.54, 1.807) is 12.1 Å². The van der Waals surface area contributed by atoms with Crippen LogP contribution in [0.5, 0.6) is 0 Å². The molecule has 0 aliphatic rings. The fourth-order valence-corrected chi connectivity index (χ4v) is 2.28. The summed E-state index contributed by atoms with van der Waals surface area (Å²) in [6.45, 7) is 2.02. The molecule has 1 atom stereocenters. The van der Waals surface area contributed by atoms with Crippen LogP contribution in [0.4, 0.5) is 4.39 Å². The number of hydrogen-bond acceptors (Lipinski definition) is 2. The van der Waals surface area contributed by atoms with Crippen molar-refractivity contribution in [2.45, 2.75) is 25.9 Å². The molecule has 0 aromatic heterocycles. The van der Waals surface area contributed by atoms with E-state index >= 15 is 0 Å². The van der Waals surface area contributed by atoms with Crippen LogP contribution >= 0.6 is 0 Å². The minimum absolute atomic E-state index is 0.00752. The van der Waals surface area contributed by atoms with E-state index in [1.807, 2.05) is 31.2 Å². The van der Waals surface area contributed by atoms with E-state index < -0.39 is 11.9 Å². The number of carbonyl (C=O) groups excluding carboxylic acids is 1. The number of carbonyl (C=O) groups is 1. The van der Waals surface area contributed by atoms with Gasteiger partial charge in [-0.1, -0.05) is 48.0 Å². The van der Waals surface area contributed by atoms with Crippen molar-refractivity contribution >= 4 is 5.91 Å². The standard InChI is InChI=1S/C18H20FNO2/c1-13-5-4-6-14(11-13)9-10-18(22)20-12-17(21)15-7-2-3-8-16(15)19/h2-8,11,17,21H,9-10,12H2,1H3,(H,20,22). The predicted molar refractivity (Wildman–Crippen MR) is 83.9 cm³/mol. The van der Waals surface area contributed by atoms with Gasteiger partial charge in [0, 0.05) is 18.5 Å². The SMILES string of the molecule is Cc1cccc(CCC(=O)NCC(O)c2ccccc2F)c1. The summed E-state index contributed by atoms with van der Waals surface area (Å²) in [5.74, 6) is -0.624. The second-order valence-corrected chi connectivity index (χ2v) is 5.33. The van der Waals surface area contributed by atoms with Crippen LogP contribution < -0.4 is 5.32 Å². The fourth-order valence-electron chi connectivity index (χ4n) is 2.28. The zero-order valence-corrected chi connectivity index (χ0v) is 12.6. The number of rotatable bonds is 6. The monoisotopic (exact) mass is 301 g/mol. The van der Waals surface area contributed by atoms with E-state index in [4.69, 9.17) is 0 Å². The molecule has 0 bridgehead atoms. The van der Waals surface area contributed by atoms with E-state index in [2.05, 4.69) is 5.32 Å². The average molecular weight is 301 g/mol. The molecule has 0 saturated heterocycles. The molecule has 0 spiro atoms. The number of amides is 1. The summed E-state index contributed by atoms with van der Waals surface area (Å²) in [7, 11) is 0. The third-order valence-electron chi connectivity index (χ3n) is 3.48. The summed E-state index contributed by atoms with van der Waals surface area (Å²) >= 11 is 0. The van der Waals surface area contributed by atoms with Gasteiger partial charge in [0.1, 0.15) is 5.82 Å². The van der Waals surface area contributed by atoms with Gasteiger partial charge in [-0.05, 0) is 25.0 Å². The maximum absolute atomic E-state index is 13.5. The number of hydrogen-bond donors (Lipinski definition) is 2. The van der Waals surface area contributed by atoms with Crippen molar-refractivity contribution in [3.63, 3.8) is 0 Å². The third-order valence-corrected chi connectivity index (χ3v) is 3.48. The lowest BCUT2D eigenvalue weighted by Gasteiger charge is -2.13. The van der Waals surface area contributed by atoms with Gasteiger partial charge in [-0.25, -0.2) is 4.39 Å². The van der Waals surface area contributed by atoms with E-state index in [0.717, 1.165) is 11.1 Å². The Morgan fingerprint density at radius 1 is 1.23 bits per heavy atom. The summed E-state index contributed by atoms with van der Waals surface area (Å²) in [5.41, 5.74) is 2.46. The molecular weight excluding hydrogens is 281 g/mol. The lowest BCUT2D eigenvalue weighted by Crippen LogP contribution is -2.28. The number of benzene rings is 2. The molecule has 0 aliphatic heterocycles. The van der Waals surface area contributed by atoms with Crippen LogP contribution in [0.3, 0.4) is 0 Å². The predicted octanol–water partition coefficient (Wildman–Crippen LogP) is 2.92. The first kappa shape index (κ1) is 16.2. The average Bonchev–Trinajstić information content (AvgIpc) is 2.51. The topological polar surface area (TPSA) is 49.3 Å². The molecule has 2 aromatic rings. The van der Waals surface area contributed by atoms with Gasteiger partial charge in [-0.3, -0.25) is 4.79 Å². The molecule has 0 saturated carbocycles. The summed E-state index contributed by atoms with van der Waals surface area (Å²) in [6.07, 6.45) is -0.0550. The Labute approximate surface area is 129 Å². The van der Waals surface area contributed by atoms with Crippen LogP contribution in [-0.2, 0) is 11.2 Å². The molecule has 0 heterocycles. The Bertz CT molecular complexity index is 642. The van der Waals surface area contributed by atoms with Gasteiger partial charge in [-0.15, -0.1) is 0 Å². The molecular formula is C18H20FNO2. The highest BCUT2D eigenvalue weighted by molar-refractivity contribution is 5.76. The van der Waals surface area contributed by atoms with Crippen LogP contribution in [0.15, 0.2) is 48.5 Å². The van der Waals surface area contributed by atoms with Crippen LogP contribution in [0.1, 0.15) is 29.2 Å². The fraction of sp³-hybridized carbons (Fsp3) is 0.278. The Kier molecular flexibility index (Phi) is 5.67. The van der Waals surface area contributed by atoms with Crippen molar-refractivity contribution in [1.82, 2.24) is 5.32 Å². The van der Waals surface area contributed by atoms with Crippen molar-refractivity contribution in [2.75, 3.05) is 6.54 Å². The number of aliphatic hydroxyl groups is 1. The van der Waals surface area contributed by atoms with Crippen molar-refractivity contribution in [2.24, 2.45) is 0 Å². The van der Waals surface area contributed by atoms with Gasteiger partial charge in [0.2, 0.25) is 5.91 Å². The first-order valence-corrected chi connectivity index (χ1v) is 7.31. The molecule has 2 rings (SSSR count). The Balaban J connectivity index is 1.79. The molecule has 0 radical (unpaired) electrons. The lowest BCUT2D eigenvalue weighted by atomic mass is 10.1. The minimum Gasteiger partial charge on any atom is -0.386 e. The smallest absolute Gasteiger partial charge is 0.220 e. The number of halogens is 1. The normalized spacial score (nSPS) is 12.0. The number of aliphatic hydroxyl groups excluding tert-OH is 1. The van der Waals surface area contributed by atoms with Gasteiger partial charge in [0.25, 0.3) is 0 Å². The second-order valence-electron chi connectivity index (χ2n) is 5.33. The highest BCUT2D eigenvalue weighted by Gasteiger charge is 2.13. The summed E-state index contributed by atoms with van der Waals surface area (Å²) in [4.78, 5) is 11.8. The van der Waals surface area contributed by atoms with Crippen LogP contribution in [0.25, 0.3) is 0 Å². The Hall–Kier alpha value is -2.20. The molecule has 1 unspecified atom stereocenters. The number of aryl methyl sites for hydroxylation is 2. The van der Waals surface area contributed by atoms with Crippen molar-refractivity contribution < 1.29 is 14.3 Å². The molecule has 2 aromatic carbocycles. The summed E-state index contributed by atoms with van der Waals surface area (Å²) < 4.78 is 13.5. The molecule has 1 amide bonds. The zero-order valence-electron chi connectivity index (χ0n) is 12.6. The first-order valence-electron chi connectivity index (χ1n) is 7.31. The third kappa shape index (κ3) is 4.67. The van der Waals surface area contributed by atoms with Crippen molar-refractivity contribution in [3.05, 3.63) is 71.0 Å². The molecule has 0 fully saturated rings. The minimum atomic E-state index is -1.04. The van der Waals surface area contributed by atoms with Crippen molar-refractivity contribution in [1.29, 1.82) is 0 Å². The van der Waals surface area contributed by atoms with Crippen molar-refractivity contribution in [3.8, 4) is 0 Å². The van der Waals surface area contributed by atoms with Gasteiger partial charge >= 0.3 is 0 Å². The largest absolute Gasteiger partial charge is 0.386 e. The van der Waals surface area contributed by atoms with E-state index in [-0.39, 0.29) is 18.0 Å². The summed E-state index contributed by atoms with van der Waals surface area (Å²) in [6, 6.07) is 14.0. The van der Waals surface area contributed by atoms with Gasteiger partial charge in [0.15, 0.2) is 0 Å². The first-order chi connectivity index (χ1) is 10.6. The summed E-state index contributed by atoms with van der Waals surface area (Å²) in [5, 5.41) is 12.6. The van der Waals surface area contributed by atoms with Gasteiger partial charge in [0.05, 0.1) is 6.10 Å². The molecule has 22 heavy (non-hydrogen) atoms. The van der Waals surface area contributed by atoms with Crippen LogP contribution in [0, 0.1) is 12.7 Å². The maximum atomic E-state index is 13.5. The Morgan fingerprint density at radius 3 is 2.73 bits per heavy atom. The van der Waals surface area contributed by atoms with Gasteiger partial charge in [-0.2, -0.15) is 0 Å². The van der Waals surface area contributed by atoms with Crippen LogP contribution in [0.2, 0.25) is 0 Å². The second kappa shape index (κ2) is 7.71. The molecule has 4 heteroatoms. The van der Waals surface area contributed by atoms with E-state index in [0.29, 0.717) is 12.8 Å². The number of nitrogens with one attached hydrogen (secondary N) is 1.